The van der Waals surface area contributed by atoms with Crippen LogP contribution in [0.25, 0.3) is 0 Å². The standard InChI is InChI=1S/C13H19N/c1-4-12(10-11-14(2)3)13-8-6-5-7-9-13/h4-9,12H,1,10-11H2,2-3H3. The summed E-state index contributed by atoms with van der Waals surface area (Å²) in [5.41, 5.74) is 1.37. The maximum atomic E-state index is 3.90. The molecule has 0 aliphatic heterocycles. The Labute approximate surface area is 87.1 Å². The van der Waals surface area contributed by atoms with Crippen molar-refractivity contribution in [2.24, 2.45) is 0 Å². The molecule has 1 rings (SSSR count). The van der Waals surface area contributed by atoms with E-state index >= 15 is 0 Å². The Morgan fingerprint density at radius 3 is 2.43 bits per heavy atom. The van der Waals surface area contributed by atoms with Crippen LogP contribution in [0.2, 0.25) is 0 Å². The molecule has 0 fully saturated rings. The first kappa shape index (κ1) is 11.0. The van der Waals surface area contributed by atoms with Crippen LogP contribution in [0.1, 0.15) is 17.9 Å². The van der Waals surface area contributed by atoms with E-state index in [9.17, 15) is 0 Å². The minimum Gasteiger partial charge on any atom is -0.309 e. The lowest BCUT2D eigenvalue weighted by Crippen LogP contribution is -2.15. The SMILES string of the molecule is C=CC(CCN(C)C)c1ccccc1. The summed E-state index contributed by atoms with van der Waals surface area (Å²) in [6, 6.07) is 10.6. The van der Waals surface area contributed by atoms with Crippen molar-refractivity contribution < 1.29 is 0 Å². The molecule has 0 heterocycles. The third kappa shape index (κ3) is 3.35. The van der Waals surface area contributed by atoms with Gasteiger partial charge in [-0.2, -0.15) is 0 Å². The van der Waals surface area contributed by atoms with Crippen LogP contribution in [0.5, 0.6) is 0 Å². The second-order valence-electron chi connectivity index (χ2n) is 3.84. The van der Waals surface area contributed by atoms with Gasteiger partial charge in [-0.25, -0.2) is 0 Å². The van der Waals surface area contributed by atoms with E-state index in [0.717, 1.165) is 13.0 Å². The number of hydrogen-bond donors (Lipinski definition) is 0. The van der Waals surface area contributed by atoms with E-state index in [2.05, 4.69) is 55.9 Å². The smallest absolute Gasteiger partial charge is 0.00274 e. The fraction of sp³-hybridized carbons (Fsp3) is 0.385. The zero-order valence-corrected chi connectivity index (χ0v) is 9.11. The molecule has 1 heteroatoms. The molecule has 1 unspecified atom stereocenters. The van der Waals surface area contributed by atoms with Crippen molar-refractivity contribution >= 4 is 0 Å². The Morgan fingerprint density at radius 1 is 1.29 bits per heavy atom. The maximum Gasteiger partial charge on any atom is 0.00274 e. The summed E-state index contributed by atoms with van der Waals surface area (Å²) in [6.45, 7) is 5.00. The van der Waals surface area contributed by atoms with Crippen molar-refractivity contribution in [2.45, 2.75) is 12.3 Å². The molecular weight excluding hydrogens is 170 g/mol. The van der Waals surface area contributed by atoms with E-state index in [1.54, 1.807) is 0 Å². The van der Waals surface area contributed by atoms with Crippen molar-refractivity contribution in [2.75, 3.05) is 20.6 Å². The maximum absolute atomic E-state index is 3.90. The molecule has 1 aromatic rings. The number of nitrogens with zero attached hydrogens (tertiary/aromatic N) is 1. The Hall–Kier alpha value is -1.08. The Morgan fingerprint density at radius 2 is 1.93 bits per heavy atom. The molecule has 0 saturated carbocycles. The van der Waals surface area contributed by atoms with Gasteiger partial charge in [0.25, 0.3) is 0 Å². The summed E-state index contributed by atoms with van der Waals surface area (Å²) in [7, 11) is 4.20. The highest BCUT2D eigenvalue weighted by atomic mass is 15.0. The monoisotopic (exact) mass is 189 g/mol. The molecule has 14 heavy (non-hydrogen) atoms. The van der Waals surface area contributed by atoms with Crippen LogP contribution < -0.4 is 0 Å². The summed E-state index contributed by atoms with van der Waals surface area (Å²) in [4.78, 5) is 2.21. The lowest BCUT2D eigenvalue weighted by Gasteiger charge is -2.16. The van der Waals surface area contributed by atoms with Gasteiger partial charge >= 0.3 is 0 Å². The Bertz CT molecular complexity index is 264. The highest BCUT2D eigenvalue weighted by Crippen LogP contribution is 2.20. The number of rotatable bonds is 5. The van der Waals surface area contributed by atoms with Crippen LogP contribution in [-0.2, 0) is 0 Å². The van der Waals surface area contributed by atoms with E-state index in [-0.39, 0.29) is 0 Å². The molecule has 1 aromatic carbocycles. The first-order valence-electron chi connectivity index (χ1n) is 5.06. The van der Waals surface area contributed by atoms with Gasteiger partial charge in [-0.3, -0.25) is 0 Å². The number of hydrogen-bond acceptors (Lipinski definition) is 1. The summed E-state index contributed by atoms with van der Waals surface area (Å²) in [5, 5.41) is 0. The van der Waals surface area contributed by atoms with Crippen LogP contribution in [0.3, 0.4) is 0 Å². The molecule has 1 atom stereocenters. The van der Waals surface area contributed by atoms with E-state index in [1.165, 1.54) is 5.56 Å². The third-order valence-electron chi connectivity index (χ3n) is 2.40. The van der Waals surface area contributed by atoms with Crippen LogP contribution in [0.4, 0.5) is 0 Å². The molecule has 0 spiro atoms. The van der Waals surface area contributed by atoms with E-state index in [1.807, 2.05) is 6.08 Å². The van der Waals surface area contributed by atoms with Crippen molar-refractivity contribution in [3.05, 3.63) is 48.6 Å². The van der Waals surface area contributed by atoms with E-state index in [0.29, 0.717) is 5.92 Å². The predicted octanol–water partition coefficient (Wildman–Crippen LogP) is 2.91. The van der Waals surface area contributed by atoms with Crippen molar-refractivity contribution in [3.8, 4) is 0 Å². The number of benzene rings is 1. The summed E-state index contributed by atoms with van der Waals surface area (Å²) in [6.07, 6.45) is 3.18. The third-order valence-corrected chi connectivity index (χ3v) is 2.40. The zero-order chi connectivity index (χ0) is 10.4. The topological polar surface area (TPSA) is 3.24 Å². The van der Waals surface area contributed by atoms with Crippen LogP contribution in [0, 0.1) is 0 Å². The van der Waals surface area contributed by atoms with Gasteiger partial charge in [-0.05, 0) is 32.6 Å². The Balaban J connectivity index is 2.59. The second-order valence-corrected chi connectivity index (χ2v) is 3.84. The largest absolute Gasteiger partial charge is 0.309 e. The lowest BCUT2D eigenvalue weighted by molar-refractivity contribution is 0.392. The fourth-order valence-electron chi connectivity index (χ4n) is 1.52. The molecule has 0 aromatic heterocycles. The molecule has 0 aliphatic rings. The average molecular weight is 189 g/mol. The van der Waals surface area contributed by atoms with Gasteiger partial charge in [0, 0.05) is 5.92 Å². The molecule has 76 valence electrons. The van der Waals surface area contributed by atoms with Gasteiger partial charge < -0.3 is 4.90 Å². The van der Waals surface area contributed by atoms with Gasteiger partial charge in [-0.15, -0.1) is 6.58 Å². The molecule has 0 N–H and O–H groups in total. The molecule has 0 saturated heterocycles. The fourth-order valence-corrected chi connectivity index (χ4v) is 1.52. The quantitative estimate of drug-likeness (QED) is 0.644. The summed E-state index contributed by atoms with van der Waals surface area (Å²) in [5.74, 6) is 0.485. The zero-order valence-electron chi connectivity index (χ0n) is 9.11. The van der Waals surface area contributed by atoms with E-state index < -0.39 is 0 Å². The minimum absolute atomic E-state index is 0.485. The van der Waals surface area contributed by atoms with Crippen LogP contribution >= 0.6 is 0 Å². The molecule has 0 radical (unpaired) electrons. The summed E-state index contributed by atoms with van der Waals surface area (Å²) >= 11 is 0. The first-order chi connectivity index (χ1) is 6.74. The van der Waals surface area contributed by atoms with E-state index in [4.69, 9.17) is 0 Å². The van der Waals surface area contributed by atoms with Crippen molar-refractivity contribution in [1.82, 2.24) is 4.90 Å². The van der Waals surface area contributed by atoms with Gasteiger partial charge in [0.1, 0.15) is 0 Å². The summed E-state index contributed by atoms with van der Waals surface area (Å²) < 4.78 is 0. The van der Waals surface area contributed by atoms with Gasteiger partial charge in [0.05, 0.1) is 0 Å². The molecular formula is C13H19N. The molecule has 0 bridgehead atoms. The van der Waals surface area contributed by atoms with Crippen molar-refractivity contribution in [3.63, 3.8) is 0 Å². The predicted molar refractivity (Wildman–Crippen MR) is 62.6 cm³/mol. The van der Waals surface area contributed by atoms with Gasteiger partial charge in [0.2, 0.25) is 0 Å². The lowest BCUT2D eigenvalue weighted by atomic mass is 9.96. The van der Waals surface area contributed by atoms with Gasteiger partial charge in [0.15, 0.2) is 0 Å². The molecule has 0 amide bonds. The van der Waals surface area contributed by atoms with Crippen molar-refractivity contribution in [1.29, 1.82) is 0 Å². The molecule has 1 nitrogen and oxygen atoms in total. The normalized spacial score (nSPS) is 12.8. The van der Waals surface area contributed by atoms with Gasteiger partial charge in [-0.1, -0.05) is 36.4 Å². The second kappa shape index (κ2) is 5.61. The van der Waals surface area contributed by atoms with Crippen LogP contribution in [0.15, 0.2) is 43.0 Å². The highest BCUT2D eigenvalue weighted by Gasteiger charge is 2.06. The molecule has 0 aliphatic carbocycles. The van der Waals surface area contributed by atoms with Crippen LogP contribution in [-0.4, -0.2) is 25.5 Å². The Kier molecular flexibility index (Phi) is 4.41. The minimum atomic E-state index is 0.485. The number of allylic oxidation sites excluding steroid dienone is 1. The average Bonchev–Trinajstić information content (AvgIpc) is 2.20. The first-order valence-corrected chi connectivity index (χ1v) is 5.06. The highest BCUT2D eigenvalue weighted by molar-refractivity contribution is 5.22.